The van der Waals surface area contributed by atoms with Crippen LogP contribution in [0.2, 0.25) is 0 Å². The molecule has 5 nitrogen and oxygen atoms in total. The van der Waals surface area contributed by atoms with E-state index < -0.39 is 16.0 Å². The largest absolute Gasteiger partial charge is 0.462 e. The third-order valence-electron chi connectivity index (χ3n) is 3.80. The van der Waals surface area contributed by atoms with Crippen LogP contribution in [0, 0.1) is 0 Å². The predicted octanol–water partition coefficient (Wildman–Crippen LogP) is 2.61. The molecule has 0 aromatic heterocycles. The Morgan fingerprint density at radius 3 is 2.52 bits per heavy atom. The molecule has 1 aliphatic heterocycles. The van der Waals surface area contributed by atoms with Crippen LogP contribution in [0.25, 0.3) is 0 Å². The maximum atomic E-state index is 12.8. The average molecular weight is 331 g/mol. The quantitative estimate of drug-likeness (QED) is 0.808. The highest BCUT2D eigenvalue weighted by Gasteiger charge is 2.30. The first kappa shape index (κ1) is 15.6. The summed E-state index contributed by atoms with van der Waals surface area (Å²) >= 11 is 0. The molecule has 2 aromatic carbocycles. The molecule has 1 heterocycles. The zero-order valence-electron chi connectivity index (χ0n) is 12.7. The van der Waals surface area contributed by atoms with Gasteiger partial charge in [-0.15, -0.1) is 0 Å². The van der Waals surface area contributed by atoms with Gasteiger partial charge in [0.05, 0.1) is 22.8 Å². The van der Waals surface area contributed by atoms with Gasteiger partial charge in [0.15, 0.2) is 0 Å². The molecular weight excluding hydrogens is 314 g/mol. The number of esters is 1. The van der Waals surface area contributed by atoms with Crippen LogP contribution in [0.5, 0.6) is 0 Å². The Morgan fingerprint density at radius 2 is 1.83 bits per heavy atom. The highest BCUT2D eigenvalue weighted by Crippen LogP contribution is 2.32. The second-order valence-electron chi connectivity index (χ2n) is 5.20. The van der Waals surface area contributed by atoms with Crippen LogP contribution in [-0.4, -0.2) is 27.5 Å². The van der Waals surface area contributed by atoms with Crippen molar-refractivity contribution < 1.29 is 17.9 Å². The first-order valence-electron chi connectivity index (χ1n) is 7.42. The number of fused-ring (bicyclic) bond motifs is 1. The van der Waals surface area contributed by atoms with Gasteiger partial charge < -0.3 is 4.74 Å². The fraction of sp³-hybridized carbons (Fsp3) is 0.235. The topological polar surface area (TPSA) is 63.7 Å². The number of nitrogens with zero attached hydrogens (tertiary/aromatic N) is 1. The molecule has 0 saturated carbocycles. The molecule has 120 valence electrons. The summed E-state index contributed by atoms with van der Waals surface area (Å²) in [6, 6.07) is 13.3. The highest BCUT2D eigenvalue weighted by molar-refractivity contribution is 7.92. The monoisotopic (exact) mass is 331 g/mol. The van der Waals surface area contributed by atoms with Crippen molar-refractivity contribution in [2.75, 3.05) is 17.5 Å². The van der Waals surface area contributed by atoms with Crippen molar-refractivity contribution in [3.8, 4) is 0 Å². The smallest absolute Gasteiger partial charge is 0.338 e. The summed E-state index contributed by atoms with van der Waals surface area (Å²) in [6.07, 6.45) is 0.705. The number of hydrogen-bond acceptors (Lipinski definition) is 4. The van der Waals surface area contributed by atoms with Crippen molar-refractivity contribution >= 4 is 21.7 Å². The lowest BCUT2D eigenvalue weighted by molar-refractivity contribution is 0.0526. The SMILES string of the molecule is CCOC(=O)c1ccc(S(=O)(=O)N2CCc3ccccc32)cc1. The number of carbonyl (C=O) groups is 1. The number of ether oxygens (including phenoxy) is 1. The van der Waals surface area contributed by atoms with Gasteiger partial charge in [0.25, 0.3) is 10.0 Å². The van der Waals surface area contributed by atoms with E-state index >= 15 is 0 Å². The Labute approximate surface area is 135 Å². The number of carbonyl (C=O) groups excluding carboxylic acids is 1. The third-order valence-corrected chi connectivity index (χ3v) is 5.63. The summed E-state index contributed by atoms with van der Waals surface area (Å²) in [4.78, 5) is 11.8. The molecule has 0 fully saturated rings. The Kier molecular flexibility index (Phi) is 4.09. The molecule has 0 bridgehead atoms. The Bertz CT molecular complexity index is 828. The summed E-state index contributed by atoms with van der Waals surface area (Å²) in [5.41, 5.74) is 2.09. The minimum Gasteiger partial charge on any atom is -0.462 e. The van der Waals surface area contributed by atoms with Gasteiger partial charge in [0.2, 0.25) is 0 Å². The van der Waals surface area contributed by atoms with E-state index in [-0.39, 0.29) is 11.5 Å². The van der Waals surface area contributed by atoms with Crippen LogP contribution in [0.4, 0.5) is 5.69 Å². The molecule has 0 amide bonds. The van der Waals surface area contributed by atoms with E-state index in [0.717, 1.165) is 11.3 Å². The van der Waals surface area contributed by atoms with Gasteiger partial charge in [-0.3, -0.25) is 4.31 Å². The fourth-order valence-electron chi connectivity index (χ4n) is 2.66. The van der Waals surface area contributed by atoms with Gasteiger partial charge >= 0.3 is 5.97 Å². The van der Waals surface area contributed by atoms with Crippen molar-refractivity contribution in [3.63, 3.8) is 0 Å². The summed E-state index contributed by atoms with van der Waals surface area (Å²) in [5, 5.41) is 0. The summed E-state index contributed by atoms with van der Waals surface area (Å²) in [5.74, 6) is -0.456. The average Bonchev–Trinajstić information content (AvgIpc) is 3.00. The molecular formula is C17H17NO4S. The van der Waals surface area contributed by atoms with Crippen LogP contribution in [0.3, 0.4) is 0 Å². The zero-order valence-corrected chi connectivity index (χ0v) is 13.5. The zero-order chi connectivity index (χ0) is 16.4. The second-order valence-corrected chi connectivity index (χ2v) is 7.06. The fourth-order valence-corrected chi connectivity index (χ4v) is 4.17. The molecule has 3 rings (SSSR count). The molecule has 0 atom stereocenters. The van der Waals surface area contributed by atoms with Crippen LogP contribution in [0.15, 0.2) is 53.4 Å². The summed E-state index contributed by atoms with van der Waals surface area (Å²) < 4.78 is 31.9. The maximum Gasteiger partial charge on any atom is 0.338 e. The van der Waals surface area contributed by atoms with Crippen molar-refractivity contribution in [2.45, 2.75) is 18.2 Å². The summed E-state index contributed by atoms with van der Waals surface area (Å²) in [7, 11) is -3.63. The van der Waals surface area contributed by atoms with E-state index in [0.29, 0.717) is 18.5 Å². The minimum atomic E-state index is -3.63. The molecule has 0 N–H and O–H groups in total. The Balaban J connectivity index is 1.91. The molecule has 0 radical (unpaired) electrons. The van der Waals surface area contributed by atoms with Gasteiger partial charge in [-0.2, -0.15) is 0 Å². The Morgan fingerprint density at radius 1 is 1.13 bits per heavy atom. The summed E-state index contributed by atoms with van der Waals surface area (Å²) in [6.45, 7) is 2.44. The van der Waals surface area contributed by atoms with E-state index in [1.54, 1.807) is 6.92 Å². The molecule has 23 heavy (non-hydrogen) atoms. The lowest BCUT2D eigenvalue weighted by atomic mass is 10.2. The molecule has 6 heteroatoms. The Hall–Kier alpha value is -2.34. The number of hydrogen-bond donors (Lipinski definition) is 0. The molecule has 0 saturated heterocycles. The van der Waals surface area contributed by atoms with E-state index in [1.165, 1.54) is 28.6 Å². The van der Waals surface area contributed by atoms with Crippen LogP contribution in [-0.2, 0) is 21.2 Å². The van der Waals surface area contributed by atoms with Gasteiger partial charge in [-0.05, 0) is 49.2 Å². The van der Waals surface area contributed by atoms with Crippen molar-refractivity contribution in [1.29, 1.82) is 0 Å². The van der Waals surface area contributed by atoms with Crippen molar-refractivity contribution in [3.05, 3.63) is 59.7 Å². The number of anilines is 1. The minimum absolute atomic E-state index is 0.169. The van der Waals surface area contributed by atoms with Crippen LogP contribution >= 0.6 is 0 Å². The van der Waals surface area contributed by atoms with Gasteiger partial charge in [-0.1, -0.05) is 18.2 Å². The normalized spacial score (nSPS) is 13.7. The number of rotatable bonds is 4. The number of benzene rings is 2. The molecule has 2 aromatic rings. The van der Waals surface area contributed by atoms with E-state index in [2.05, 4.69) is 0 Å². The third kappa shape index (κ3) is 2.82. The van der Waals surface area contributed by atoms with Crippen molar-refractivity contribution in [1.82, 2.24) is 0 Å². The predicted molar refractivity (Wildman–Crippen MR) is 87.1 cm³/mol. The standard InChI is InChI=1S/C17H17NO4S/c1-2-22-17(19)14-7-9-15(10-8-14)23(20,21)18-12-11-13-5-3-4-6-16(13)18/h3-10H,2,11-12H2,1H3. The molecule has 0 unspecified atom stereocenters. The van der Waals surface area contributed by atoms with E-state index in [1.807, 2.05) is 24.3 Å². The van der Waals surface area contributed by atoms with Gasteiger partial charge in [0, 0.05) is 6.54 Å². The van der Waals surface area contributed by atoms with E-state index in [9.17, 15) is 13.2 Å². The lowest BCUT2D eigenvalue weighted by Gasteiger charge is -2.19. The van der Waals surface area contributed by atoms with E-state index in [4.69, 9.17) is 4.74 Å². The number of para-hydroxylation sites is 1. The van der Waals surface area contributed by atoms with Crippen molar-refractivity contribution in [2.24, 2.45) is 0 Å². The first-order valence-corrected chi connectivity index (χ1v) is 8.86. The van der Waals surface area contributed by atoms with Gasteiger partial charge in [0.1, 0.15) is 0 Å². The lowest BCUT2D eigenvalue weighted by Crippen LogP contribution is -2.29. The molecule has 0 spiro atoms. The van der Waals surface area contributed by atoms with Gasteiger partial charge in [-0.25, -0.2) is 13.2 Å². The second kappa shape index (κ2) is 6.04. The number of sulfonamides is 1. The molecule has 1 aliphatic rings. The highest BCUT2D eigenvalue weighted by atomic mass is 32.2. The first-order chi connectivity index (χ1) is 11.0. The van der Waals surface area contributed by atoms with Crippen LogP contribution < -0.4 is 4.31 Å². The van der Waals surface area contributed by atoms with Crippen LogP contribution in [0.1, 0.15) is 22.8 Å². The molecule has 0 aliphatic carbocycles. The maximum absolute atomic E-state index is 12.8.